The fourth-order valence-corrected chi connectivity index (χ4v) is 6.29. The molecule has 2 aromatic heterocycles. The van der Waals surface area contributed by atoms with E-state index in [1.165, 1.54) is 12.1 Å². The lowest BCUT2D eigenvalue weighted by atomic mass is 10.2. The first-order chi connectivity index (χ1) is 22.0. The van der Waals surface area contributed by atoms with Crippen molar-refractivity contribution in [2.24, 2.45) is 0 Å². The smallest absolute Gasteiger partial charge is 0.335 e. The van der Waals surface area contributed by atoms with Crippen molar-refractivity contribution in [1.29, 1.82) is 0 Å². The number of anilines is 6. The van der Waals surface area contributed by atoms with Gasteiger partial charge in [-0.05, 0) is 97.1 Å². The number of aromatic carboxylic acids is 1. The van der Waals surface area contributed by atoms with Crippen molar-refractivity contribution in [3.05, 3.63) is 103 Å². The SMILES string of the molecule is C.Cl.Cl.Nc1cc(N)c(S)cc1N.Nc1ccc(-c2nc3cc4sc(-c5ccc(N)cc5)nc4cc3s2)cc1.Nc1ccc(C(=O)O)cc1. The molecule has 10 nitrogen and oxygen atoms in total. The Hall–Kier alpha value is -4.92. The molecule has 0 amide bonds. The van der Waals surface area contributed by atoms with Crippen LogP contribution in [0.25, 0.3) is 41.6 Å². The highest BCUT2D eigenvalue weighted by Crippen LogP contribution is 2.37. The Bertz CT molecular complexity index is 1960. The molecular weight excluding hydrogens is 720 g/mol. The van der Waals surface area contributed by atoms with Crippen LogP contribution in [-0.4, -0.2) is 21.0 Å². The zero-order chi connectivity index (χ0) is 33.0. The summed E-state index contributed by atoms with van der Waals surface area (Å²) in [6, 6.07) is 29.2. The van der Waals surface area contributed by atoms with Crippen LogP contribution >= 0.6 is 60.1 Å². The van der Waals surface area contributed by atoms with Crippen molar-refractivity contribution in [3.63, 3.8) is 0 Å². The molecule has 256 valence electrons. The Balaban J connectivity index is 0.000000303. The van der Waals surface area contributed by atoms with E-state index in [4.69, 9.17) is 49.5 Å². The standard InChI is InChI=1S/C20H14N4S2.C7H7NO2.C6H9N3S.CH4.2ClH/c21-13-5-1-11(2-6-13)19-23-15-9-18-16(10-17(15)25-19)24-20(26-18)12-3-7-14(22)8-4-12;8-6-3-1-5(2-4-6)7(9)10;7-3-1-5(9)6(10)2-4(3)8;;;/h1-10H,21-22H2;1-4H,8H2,(H,9,10);1-2,10H,7-9H2;1H4;2*1H. The molecule has 7 aromatic rings. The minimum absolute atomic E-state index is 0. The molecular formula is C34H36Cl2N8O2S3. The van der Waals surface area contributed by atoms with Gasteiger partial charge in [0.2, 0.25) is 0 Å². The zero-order valence-electron chi connectivity index (χ0n) is 25.0. The van der Waals surface area contributed by atoms with Crippen molar-refractivity contribution in [2.45, 2.75) is 12.3 Å². The summed E-state index contributed by atoms with van der Waals surface area (Å²) < 4.78 is 2.27. The van der Waals surface area contributed by atoms with E-state index in [1.54, 1.807) is 46.9 Å². The first-order valence-corrected chi connectivity index (χ1v) is 15.7. The summed E-state index contributed by atoms with van der Waals surface area (Å²) in [6.45, 7) is 0. The number of nitrogen functional groups attached to an aromatic ring is 6. The summed E-state index contributed by atoms with van der Waals surface area (Å²) in [5, 5.41) is 10.4. The molecule has 5 aromatic carbocycles. The molecule has 0 saturated carbocycles. The highest BCUT2D eigenvalue weighted by atomic mass is 35.5. The van der Waals surface area contributed by atoms with Crippen molar-refractivity contribution < 1.29 is 9.90 Å². The van der Waals surface area contributed by atoms with Crippen LogP contribution in [0.3, 0.4) is 0 Å². The Morgan fingerprint density at radius 2 is 0.939 bits per heavy atom. The minimum Gasteiger partial charge on any atom is -0.478 e. The predicted molar refractivity (Wildman–Crippen MR) is 218 cm³/mol. The van der Waals surface area contributed by atoms with Crippen LogP contribution in [0.5, 0.6) is 0 Å². The van der Waals surface area contributed by atoms with E-state index in [2.05, 4.69) is 24.8 Å². The first-order valence-electron chi connectivity index (χ1n) is 13.6. The monoisotopic (exact) mass is 754 g/mol. The Morgan fingerprint density at radius 3 is 1.31 bits per heavy atom. The fraction of sp³-hybridized carbons (Fsp3) is 0.0294. The number of thiol groups is 1. The molecule has 15 heteroatoms. The van der Waals surface area contributed by atoms with Crippen LogP contribution in [0, 0.1) is 0 Å². The Kier molecular flexibility index (Phi) is 14.4. The van der Waals surface area contributed by atoms with Crippen LogP contribution in [0.2, 0.25) is 0 Å². The normalized spacial score (nSPS) is 9.90. The number of rotatable bonds is 3. The summed E-state index contributed by atoms with van der Waals surface area (Å²) in [5.74, 6) is -0.931. The molecule has 0 aliphatic heterocycles. The van der Waals surface area contributed by atoms with Gasteiger partial charge in [-0.2, -0.15) is 0 Å². The van der Waals surface area contributed by atoms with Crippen molar-refractivity contribution in [3.8, 4) is 21.1 Å². The molecule has 0 saturated heterocycles. The fourth-order valence-electron chi connectivity index (χ4n) is 4.11. The van der Waals surface area contributed by atoms with E-state index in [0.29, 0.717) is 27.6 Å². The number of aromatic nitrogens is 2. The summed E-state index contributed by atoms with van der Waals surface area (Å²) in [4.78, 5) is 20.5. The predicted octanol–water partition coefficient (Wildman–Crippen LogP) is 8.57. The second-order valence-corrected chi connectivity index (χ2v) is 12.6. The van der Waals surface area contributed by atoms with Gasteiger partial charge in [0.05, 0.1) is 37.4 Å². The zero-order valence-corrected chi connectivity index (χ0v) is 29.2. The third-order valence-corrected chi connectivity index (χ3v) is 9.12. The van der Waals surface area contributed by atoms with Gasteiger partial charge in [-0.25, -0.2) is 14.8 Å². The molecule has 0 fully saturated rings. The van der Waals surface area contributed by atoms with Gasteiger partial charge < -0.3 is 39.5 Å². The maximum absolute atomic E-state index is 10.3. The van der Waals surface area contributed by atoms with Gasteiger partial charge >= 0.3 is 5.97 Å². The van der Waals surface area contributed by atoms with E-state index < -0.39 is 5.97 Å². The topological polar surface area (TPSA) is 219 Å². The van der Waals surface area contributed by atoms with E-state index >= 15 is 0 Å². The number of thiazole rings is 2. The van der Waals surface area contributed by atoms with E-state index in [9.17, 15) is 4.79 Å². The number of nitrogens with two attached hydrogens (primary N) is 6. The quantitative estimate of drug-likeness (QED) is 0.0634. The lowest BCUT2D eigenvalue weighted by Crippen LogP contribution is -1.97. The van der Waals surface area contributed by atoms with Crippen LogP contribution in [0.4, 0.5) is 34.1 Å². The summed E-state index contributed by atoms with van der Waals surface area (Å²) in [7, 11) is 0. The number of hydrogen-bond acceptors (Lipinski definition) is 12. The number of nitrogens with zero attached hydrogens (tertiary/aromatic N) is 2. The van der Waals surface area contributed by atoms with E-state index in [1.807, 2.05) is 48.5 Å². The molecule has 0 radical (unpaired) electrons. The summed E-state index contributed by atoms with van der Waals surface area (Å²) in [5.41, 5.74) is 41.3. The minimum atomic E-state index is -0.931. The lowest BCUT2D eigenvalue weighted by molar-refractivity contribution is 0.0697. The highest BCUT2D eigenvalue weighted by molar-refractivity contribution is 7.80. The lowest BCUT2D eigenvalue weighted by Gasteiger charge is -2.03. The van der Waals surface area contributed by atoms with Crippen LogP contribution in [-0.2, 0) is 0 Å². The van der Waals surface area contributed by atoms with Gasteiger partial charge in [-0.3, -0.25) is 0 Å². The molecule has 7 rings (SSSR count). The molecule has 0 atom stereocenters. The Labute approximate surface area is 309 Å². The maximum Gasteiger partial charge on any atom is 0.335 e. The van der Waals surface area contributed by atoms with Gasteiger partial charge in [-0.15, -0.1) is 60.1 Å². The van der Waals surface area contributed by atoms with Gasteiger partial charge in [0.25, 0.3) is 0 Å². The number of carboxylic acids is 1. The van der Waals surface area contributed by atoms with E-state index in [-0.39, 0.29) is 37.8 Å². The molecule has 0 unspecified atom stereocenters. The molecule has 0 spiro atoms. The van der Waals surface area contributed by atoms with Crippen LogP contribution < -0.4 is 34.4 Å². The summed E-state index contributed by atoms with van der Waals surface area (Å²) in [6.07, 6.45) is 0. The third kappa shape index (κ3) is 10.0. The summed E-state index contributed by atoms with van der Waals surface area (Å²) >= 11 is 7.40. The number of carboxylic acid groups (broad SMARTS) is 1. The number of carbonyl (C=O) groups is 1. The van der Waals surface area contributed by atoms with Gasteiger partial charge in [0.1, 0.15) is 10.0 Å². The molecule has 0 aliphatic carbocycles. The largest absolute Gasteiger partial charge is 0.478 e. The molecule has 13 N–H and O–H groups in total. The van der Waals surface area contributed by atoms with Crippen LogP contribution in [0.1, 0.15) is 17.8 Å². The van der Waals surface area contributed by atoms with Gasteiger partial charge in [0, 0.05) is 38.8 Å². The number of halogens is 2. The van der Waals surface area contributed by atoms with E-state index in [0.717, 1.165) is 53.0 Å². The third-order valence-electron chi connectivity index (χ3n) is 6.60. The molecule has 49 heavy (non-hydrogen) atoms. The van der Waals surface area contributed by atoms with Gasteiger partial charge in [0.15, 0.2) is 0 Å². The number of hydrogen-bond donors (Lipinski definition) is 8. The average molecular weight is 756 g/mol. The van der Waals surface area contributed by atoms with Crippen LogP contribution in [0.15, 0.2) is 102 Å². The number of benzene rings is 5. The Morgan fingerprint density at radius 1 is 0.571 bits per heavy atom. The molecule has 0 aliphatic rings. The van der Waals surface area contributed by atoms with Crippen molar-refractivity contribution in [1.82, 2.24) is 9.97 Å². The molecule has 2 heterocycles. The number of fused-ring (bicyclic) bond motifs is 2. The second kappa shape index (κ2) is 17.5. The maximum atomic E-state index is 10.3. The van der Waals surface area contributed by atoms with Crippen molar-refractivity contribution >= 4 is 121 Å². The second-order valence-electron chi connectivity index (χ2n) is 10.0. The van der Waals surface area contributed by atoms with Crippen molar-refractivity contribution in [2.75, 3.05) is 34.4 Å². The van der Waals surface area contributed by atoms with Gasteiger partial charge in [-0.1, -0.05) is 7.43 Å². The average Bonchev–Trinajstić information content (AvgIpc) is 3.64. The molecule has 0 bridgehead atoms. The highest BCUT2D eigenvalue weighted by Gasteiger charge is 2.12. The first kappa shape index (κ1) is 40.3.